The van der Waals surface area contributed by atoms with Gasteiger partial charge in [0.1, 0.15) is 22.9 Å². The molecule has 0 fully saturated rings. The molecule has 19 heavy (non-hydrogen) atoms. The number of rotatable bonds is 4. The Morgan fingerprint density at radius 3 is 2.63 bits per heavy atom. The second kappa shape index (κ2) is 5.14. The van der Waals surface area contributed by atoms with Crippen molar-refractivity contribution in [3.05, 3.63) is 47.0 Å². The largest absolute Gasteiger partial charge is 0.478 e. The Kier molecular flexibility index (Phi) is 3.55. The summed E-state index contributed by atoms with van der Waals surface area (Å²) in [5.74, 6) is 1.07. The number of carboxylic acids is 1. The molecular formula is C14H16N2O3. The van der Waals surface area contributed by atoms with Crippen molar-refractivity contribution in [2.45, 2.75) is 20.4 Å². The van der Waals surface area contributed by atoms with Gasteiger partial charge in [0.2, 0.25) is 0 Å². The van der Waals surface area contributed by atoms with Crippen molar-refractivity contribution in [1.29, 1.82) is 0 Å². The average Bonchev–Trinajstić information content (AvgIpc) is 2.74. The lowest BCUT2D eigenvalue weighted by Crippen LogP contribution is -2.21. The molecule has 0 spiro atoms. The highest BCUT2D eigenvalue weighted by Gasteiger charge is 2.16. The number of pyridine rings is 1. The normalized spacial score (nSPS) is 10.5. The second-order valence-electron chi connectivity index (χ2n) is 4.50. The maximum Gasteiger partial charge on any atom is 0.339 e. The summed E-state index contributed by atoms with van der Waals surface area (Å²) in [6.45, 7) is 4.18. The topological polar surface area (TPSA) is 66.6 Å². The van der Waals surface area contributed by atoms with Gasteiger partial charge in [0.15, 0.2) is 0 Å². The van der Waals surface area contributed by atoms with Gasteiger partial charge < -0.3 is 14.4 Å². The Morgan fingerprint density at radius 1 is 1.32 bits per heavy atom. The van der Waals surface area contributed by atoms with Crippen molar-refractivity contribution in [2.75, 3.05) is 11.9 Å². The predicted molar refractivity (Wildman–Crippen MR) is 71.5 cm³/mol. The molecule has 100 valence electrons. The van der Waals surface area contributed by atoms with Gasteiger partial charge in [-0.2, -0.15) is 0 Å². The summed E-state index contributed by atoms with van der Waals surface area (Å²) in [4.78, 5) is 17.3. The average molecular weight is 260 g/mol. The van der Waals surface area contributed by atoms with Crippen molar-refractivity contribution in [3.8, 4) is 0 Å². The molecule has 5 heteroatoms. The first-order chi connectivity index (χ1) is 8.97. The first-order valence-corrected chi connectivity index (χ1v) is 5.95. The molecule has 0 saturated carbocycles. The van der Waals surface area contributed by atoms with E-state index >= 15 is 0 Å². The molecule has 0 unspecified atom stereocenters. The van der Waals surface area contributed by atoms with E-state index in [9.17, 15) is 9.90 Å². The van der Waals surface area contributed by atoms with Gasteiger partial charge in [0.05, 0.1) is 6.54 Å². The minimum absolute atomic E-state index is 0.191. The molecule has 0 amide bonds. The molecule has 2 aromatic rings. The van der Waals surface area contributed by atoms with E-state index in [1.165, 1.54) is 0 Å². The van der Waals surface area contributed by atoms with Crippen LogP contribution < -0.4 is 4.90 Å². The minimum atomic E-state index is -0.982. The van der Waals surface area contributed by atoms with Crippen molar-refractivity contribution in [1.82, 2.24) is 4.98 Å². The number of furan rings is 1. The fourth-order valence-corrected chi connectivity index (χ4v) is 1.88. The summed E-state index contributed by atoms with van der Waals surface area (Å²) in [6.07, 6.45) is 0. The lowest BCUT2D eigenvalue weighted by atomic mass is 10.2. The third kappa shape index (κ3) is 2.93. The van der Waals surface area contributed by atoms with E-state index in [1.807, 2.05) is 26.0 Å². The number of aryl methyl sites for hydroxylation is 2. The summed E-state index contributed by atoms with van der Waals surface area (Å²) in [6, 6.07) is 7.02. The van der Waals surface area contributed by atoms with E-state index in [0.717, 1.165) is 17.2 Å². The first kappa shape index (κ1) is 13.1. The van der Waals surface area contributed by atoms with Crippen LogP contribution in [0.3, 0.4) is 0 Å². The van der Waals surface area contributed by atoms with Gasteiger partial charge >= 0.3 is 5.97 Å². The maximum atomic E-state index is 11.2. The molecule has 5 nitrogen and oxygen atoms in total. The summed E-state index contributed by atoms with van der Waals surface area (Å²) >= 11 is 0. The van der Waals surface area contributed by atoms with Gasteiger partial charge in [-0.1, -0.05) is 0 Å². The molecular weight excluding hydrogens is 244 g/mol. The molecule has 0 radical (unpaired) electrons. The number of carbonyl (C=O) groups is 1. The zero-order valence-electron chi connectivity index (χ0n) is 11.2. The molecule has 1 N–H and O–H groups in total. The number of aromatic carboxylic acids is 1. The SMILES string of the molecule is Cc1ccc(C(=O)O)c(N(C)Cc2ccc(C)o2)n1. The van der Waals surface area contributed by atoms with Crippen LogP contribution in [0.4, 0.5) is 5.82 Å². The molecule has 0 saturated heterocycles. The minimum Gasteiger partial charge on any atom is -0.478 e. The molecule has 0 aliphatic carbocycles. The third-order valence-electron chi connectivity index (χ3n) is 2.80. The Hall–Kier alpha value is -2.30. The molecule has 0 aromatic carbocycles. The van der Waals surface area contributed by atoms with Crippen LogP contribution in [0.15, 0.2) is 28.7 Å². The summed E-state index contributed by atoms with van der Waals surface area (Å²) < 4.78 is 5.49. The number of carboxylic acid groups (broad SMARTS) is 1. The van der Waals surface area contributed by atoms with Gasteiger partial charge in [0, 0.05) is 12.7 Å². The van der Waals surface area contributed by atoms with Crippen molar-refractivity contribution in [3.63, 3.8) is 0 Å². The monoisotopic (exact) mass is 260 g/mol. The van der Waals surface area contributed by atoms with Gasteiger partial charge in [-0.3, -0.25) is 0 Å². The lowest BCUT2D eigenvalue weighted by molar-refractivity contribution is 0.0697. The quantitative estimate of drug-likeness (QED) is 0.915. The third-order valence-corrected chi connectivity index (χ3v) is 2.80. The number of hydrogen-bond acceptors (Lipinski definition) is 4. The summed E-state index contributed by atoms with van der Waals surface area (Å²) in [5.41, 5.74) is 0.971. The molecule has 2 heterocycles. The number of anilines is 1. The number of nitrogens with zero attached hydrogens (tertiary/aromatic N) is 2. The van der Waals surface area contributed by atoms with Crippen molar-refractivity contribution in [2.24, 2.45) is 0 Å². The van der Waals surface area contributed by atoms with E-state index in [-0.39, 0.29) is 5.56 Å². The number of aromatic nitrogens is 1. The van der Waals surface area contributed by atoms with Crippen LogP contribution in [0.25, 0.3) is 0 Å². The second-order valence-corrected chi connectivity index (χ2v) is 4.50. The standard InChI is InChI=1S/C14H16N2O3/c1-9-4-7-12(14(17)18)13(15-9)16(3)8-11-6-5-10(2)19-11/h4-7H,8H2,1-3H3,(H,17,18). The van der Waals surface area contributed by atoms with E-state index in [1.54, 1.807) is 24.1 Å². The molecule has 2 aromatic heterocycles. The Balaban J connectivity index is 2.29. The van der Waals surface area contributed by atoms with Crippen molar-refractivity contribution < 1.29 is 14.3 Å². The van der Waals surface area contributed by atoms with E-state index in [2.05, 4.69) is 4.98 Å². The van der Waals surface area contributed by atoms with Gasteiger partial charge in [-0.15, -0.1) is 0 Å². The smallest absolute Gasteiger partial charge is 0.339 e. The summed E-state index contributed by atoms with van der Waals surface area (Å²) in [5, 5.41) is 9.19. The lowest BCUT2D eigenvalue weighted by Gasteiger charge is -2.19. The van der Waals surface area contributed by atoms with Crippen molar-refractivity contribution >= 4 is 11.8 Å². The van der Waals surface area contributed by atoms with Crippen LogP contribution in [0.1, 0.15) is 27.6 Å². The van der Waals surface area contributed by atoms with E-state index in [4.69, 9.17) is 4.42 Å². The maximum absolute atomic E-state index is 11.2. The Labute approximate surface area is 111 Å². The Morgan fingerprint density at radius 2 is 2.05 bits per heavy atom. The van der Waals surface area contributed by atoms with Gasteiger partial charge in [-0.05, 0) is 38.1 Å². The van der Waals surface area contributed by atoms with E-state index in [0.29, 0.717) is 12.4 Å². The molecule has 0 bridgehead atoms. The highest BCUT2D eigenvalue weighted by Crippen LogP contribution is 2.20. The molecule has 0 aliphatic rings. The molecule has 0 aliphatic heterocycles. The molecule has 0 atom stereocenters. The molecule has 2 rings (SSSR count). The zero-order valence-corrected chi connectivity index (χ0v) is 11.2. The zero-order chi connectivity index (χ0) is 14.0. The Bertz CT molecular complexity index is 604. The number of hydrogen-bond donors (Lipinski definition) is 1. The highest BCUT2D eigenvalue weighted by molar-refractivity contribution is 5.93. The van der Waals surface area contributed by atoms with Crippen LogP contribution in [-0.2, 0) is 6.54 Å². The predicted octanol–water partition coefficient (Wildman–Crippen LogP) is 2.63. The fourth-order valence-electron chi connectivity index (χ4n) is 1.88. The van der Waals surface area contributed by atoms with Crippen LogP contribution >= 0.6 is 0 Å². The van der Waals surface area contributed by atoms with Crippen LogP contribution in [0.2, 0.25) is 0 Å². The van der Waals surface area contributed by atoms with Gasteiger partial charge in [-0.25, -0.2) is 9.78 Å². The van der Waals surface area contributed by atoms with Gasteiger partial charge in [0.25, 0.3) is 0 Å². The summed E-state index contributed by atoms with van der Waals surface area (Å²) in [7, 11) is 1.80. The van der Waals surface area contributed by atoms with Crippen LogP contribution in [0, 0.1) is 13.8 Å². The highest BCUT2D eigenvalue weighted by atomic mass is 16.4. The first-order valence-electron chi connectivity index (χ1n) is 5.95. The van der Waals surface area contributed by atoms with Crippen LogP contribution in [-0.4, -0.2) is 23.1 Å². The van der Waals surface area contributed by atoms with Crippen LogP contribution in [0.5, 0.6) is 0 Å². The van der Waals surface area contributed by atoms with E-state index < -0.39 is 5.97 Å². The fraction of sp³-hybridized carbons (Fsp3) is 0.286.